The summed E-state index contributed by atoms with van der Waals surface area (Å²) in [5.41, 5.74) is 2.18. The van der Waals surface area contributed by atoms with Crippen LogP contribution in [0.5, 0.6) is 0 Å². The molecule has 0 fully saturated rings. The summed E-state index contributed by atoms with van der Waals surface area (Å²) < 4.78 is 1.60. The van der Waals surface area contributed by atoms with Crippen molar-refractivity contribution in [1.29, 1.82) is 0 Å². The zero-order chi connectivity index (χ0) is 13.1. The molecule has 2 rings (SSSR count). The van der Waals surface area contributed by atoms with Crippen molar-refractivity contribution in [3.8, 4) is 0 Å². The molecule has 0 bridgehead atoms. The number of hydrogen-bond donors (Lipinski definition) is 1. The van der Waals surface area contributed by atoms with Crippen LogP contribution in [-0.4, -0.2) is 10.9 Å². The van der Waals surface area contributed by atoms with Gasteiger partial charge in [0, 0.05) is 20.8 Å². The van der Waals surface area contributed by atoms with E-state index in [2.05, 4.69) is 42.2 Å². The van der Waals surface area contributed by atoms with Crippen molar-refractivity contribution in [2.75, 3.05) is 5.32 Å². The third kappa shape index (κ3) is 3.17. The van der Waals surface area contributed by atoms with Gasteiger partial charge in [-0.25, -0.2) is 4.98 Å². The summed E-state index contributed by atoms with van der Waals surface area (Å²) in [4.78, 5) is 16.1. The van der Waals surface area contributed by atoms with Crippen LogP contribution in [0.3, 0.4) is 0 Å². The number of halogens is 2. The minimum absolute atomic E-state index is 0.236. The van der Waals surface area contributed by atoms with Crippen molar-refractivity contribution < 1.29 is 4.79 Å². The molecule has 0 unspecified atom stereocenters. The van der Waals surface area contributed by atoms with E-state index in [0.29, 0.717) is 10.2 Å². The maximum atomic E-state index is 12.0. The van der Waals surface area contributed by atoms with E-state index in [4.69, 9.17) is 0 Å². The van der Waals surface area contributed by atoms with Crippen LogP contribution in [0.4, 0.5) is 5.69 Å². The van der Waals surface area contributed by atoms with Crippen molar-refractivity contribution in [2.24, 2.45) is 0 Å². The van der Waals surface area contributed by atoms with Crippen LogP contribution in [0.15, 0.2) is 45.5 Å². The molecule has 0 aliphatic heterocycles. The van der Waals surface area contributed by atoms with E-state index in [9.17, 15) is 4.79 Å². The molecule has 0 saturated heterocycles. The number of amides is 1. The van der Waals surface area contributed by atoms with Crippen molar-refractivity contribution >= 4 is 43.5 Å². The smallest absolute Gasteiger partial charge is 0.275 e. The van der Waals surface area contributed by atoms with Crippen LogP contribution in [-0.2, 0) is 0 Å². The van der Waals surface area contributed by atoms with Crippen LogP contribution in [0.25, 0.3) is 0 Å². The lowest BCUT2D eigenvalue weighted by Gasteiger charge is -2.07. The van der Waals surface area contributed by atoms with Gasteiger partial charge in [-0.2, -0.15) is 0 Å². The first kappa shape index (κ1) is 13.2. The van der Waals surface area contributed by atoms with Gasteiger partial charge in [-0.1, -0.05) is 15.9 Å². The van der Waals surface area contributed by atoms with Crippen LogP contribution in [0, 0.1) is 6.92 Å². The first-order valence-electron chi connectivity index (χ1n) is 5.25. The number of nitrogens with one attached hydrogen (secondary N) is 1. The Balaban J connectivity index is 2.24. The van der Waals surface area contributed by atoms with Gasteiger partial charge in [0.05, 0.1) is 0 Å². The van der Waals surface area contributed by atoms with Gasteiger partial charge >= 0.3 is 0 Å². The van der Waals surface area contributed by atoms with Crippen molar-refractivity contribution in [2.45, 2.75) is 6.92 Å². The highest BCUT2D eigenvalue weighted by Crippen LogP contribution is 2.20. The Morgan fingerprint density at radius 2 is 2.06 bits per heavy atom. The summed E-state index contributed by atoms with van der Waals surface area (Å²) in [5.74, 6) is -0.236. The fourth-order valence-corrected chi connectivity index (χ4v) is 2.59. The first-order chi connectivity index (χ1) is 8.56. The lowest BCUT2D eigenvalue weighted by atomic mass is 10.2. The SMILES string of the molecule is Cc1cc(Br)cc(NC(=O)c2ncccc2Br)c1. The maximum absolute atomic E-state index is 12.0. The Labute approximate surface area is 122 Å². The van der Waals surface area contributed by atoms with E-state index in [1.807, 2.05) is 25.1 Å². The van der Waals surface area contributed by atoms with Crippen LogP contribution in [0.2, 0.25) is 0 Å². The van der Waals surface area contributed by atoms with Gasteiger partial charge in [-0.15, -0.1) is 0 Å². The lowest BCUT2D eigenvalue weighted by molar-refractivity contribution is 0.102. The fourth-order valence-electron chi connectivity index (χ4n) is 1.55. The second-order valence-electron chi connectivity index (χ2n) is 3.81. The number of rotatable bonds is 2. The molecular weight excluding hydrogens is 360 g/mol. The molecule has 0 spiro atoms. The number of aromatic nitrogens is 1. The Hall–Kier alpha value is -1.20. The standard InChI is InChI=1S/C13H10Br2N2O/c1-8-5-9(14)7-10(6-8)17-13(18)12-11(15)3-2-4-16-12/h2-7H,1H3,(H,17,18). The highest BCUT2D eigenvalue weighted by Gasteiger charge is 2.11. The predicted molar refractivity (Wildman–Crippen MR) is 78.8 cm³/mol. The molecule has 1 N–H and O–H groups in total. The molecular formula is C13H10Br2N2O. The van der Waals surface area contributed by atoms with Crippen molar-refractivity contribution in [3.63, 3.8) is 0 Å². The molecule has 0 radical (unpaired) electrons. The largest absolute Gasteiger partial charge is 0.321 e. The number of nitrogens with zero attached hydrogens (tertiary/aromatic N) is 1. The van der Waals surface area contributed by atoms with Gasteiger partial charge in [0.2, 0.25) is 0 Å². The number of carbonyl (C=O) groups excluding carboxylic acids is 1. The number of anilines is 1. The van der Waals surface area contributed by atoms with Crippen molar-refractivity contribution in [3.05, 3.63) is 56.7 Å². The zero-order valence-corrected chi connectivity index (χ0v) is 12.7. The Bertz CT molecular complexity index is 579. The van der Waals surface area contributed by atoms with E-state index < -0.39 is 0 Å². The summed E-state index contributed by atoms with van der Waals surface area (Å²) >= 11 is 6.70. The molecule has 1 amide bonds. The fraction of sp³-hybridized carbons (Fsp3) is 0.0769. The molecule has 92 valence electrons. The molecule has 1 aromatic carbocycles. The summed E-state index contributed by atoms with van der Waals surface area (Å²) in [6, 6.07) is 9.28. The van der Waals surface area contributed by atoms with Gasteiger partial charge in [0.25, 0.3) is 5.91 Å². The first-order valence-corrected chi connectivity index (χ1v) is 6.84. The lowest BCUT2D eigenvalue weighted by Crippen LogP contribution is -2.14. The highest BCUT2D eigenvalue weighted by atomic mass is 79.9. The minimum Gasteiger partial charge on any atom is -0.321 e. The summed E-state index contributed by atoms with van der Waals surface area (Å²) in [7, 11) is 0. The molecule has 5 heteroatoms. The summed E-state index contributed by atoms with van der Waals surface area (Å²) in [5, 5.41) is 2.82. The molecule has 2 aromatic rings. The number of carbonyl (C=O) groups is 1. The van der Waals surface area contributed by atoms with Gasteiger partial charge in [0.15, 0.2) is 0 Å². The molecule has 18 heavy (non-hydrogen) atoms. The van der Waals surface area contributed by atoms with E-state index >= 15 is 0 Å². The Morgan fingerprint density at radius 1 is 1.28 bits per heavy atom. The highest BCUT2D eigenvalue weighted by molar-refractivity contribution is 9.10. The second-order valence-corrected chi connectivity index (χ2v) is 5.58. The van der Waals surface area contributed by atoms with E-state index in [0.717, 1.165) is 15.7 Å². The van der Waals surface area contributed by atoms with Gasteiger partial charge in [-0.3, -0.25) is 4.79 Å². The molecule has 0 aliphatic carbocycles. The predicted octanol–water partition coefficient (Wildman–Crippen LogP) is 4.17. The summed E-state index contributed by atoms with van der Waals surface area (Å²) in [6.07, 6.45) is 1.59. The second kappa shape index (κ2) is 5.63. The summed E-state index contributed by atoms with van der Waals surface area (Å²) in [6.45, 7) is 1.97. The molecule has 1 aromatic heterocycles. The molecule has 0 saturated carbocycles. The average molecular weight is 370 g/mol. The van der Waals surface area contributed by atoms with Gasteiger partial charge < -0.3 is 5.32 Å². The molecule has 3 nitrogen and oxygen atoms in total. The van der Waals surface area contributed by atoms with Crippen molar-refractivity contribution in [1.82, 2.24) is 4.98 Å². The maximum Gasteiger partial charge on any atom is 0.275 e. The number of aryl methyl sites for hydroxylation is 1. The Morgan fingerprint density at radius 3 is 2.72 bits per heavy atom. The molecule has 0 aliphatic rings. The monoisotopic (exact) mass is 368 g/mol. The third-order valence-electron chi connectivity index (χ3n) is 2.27. The van der Waals surface area contributed by atoms with E-state index in [-0.39, 0.29) is 5.91 Å². The van der Waals surface area contributed by atoms with Crippen LogP contribution >= 0.6 is 31.9 Å². The number of pyridine rings is 1. The quantitative estimate of drug-likeness (QED) is 0.863. The number of hydrogen-bond acceptors (Lipinski definition) is 2. The average Bonchev–Trinajstić information content (AvgIpc) is 2.27. The topological polar surface area (TPSA) is 42.0 Å². The Kier molecular flexibility index (Phi) is 4.14. The molecule has 1 heterocycles. The minimum atomic E-state index is -0.236. The van der Waals surface area contributed by atoms with Gasteiger partial charge in [0.1, 0.15) is 5.69 Å². The zero-order valence-electron chi connectivity index (χ0n) is 9.58. The third-order valence-corrected chi connectivity index (χ3v) is 3.37. The van der Waals surface area contributed by atoms with Crippen LogP contribution < -0.4 is 5.32 Å². The number of benzene rings is 1. The van der Waals surface area contributed by atoms with Gasteiger partial charge in [-0.05, 0) is 58.7 Å². The normalized spacial score (nSPS) is 10.2. The van der Waals surface area contributed by atoms with E-state index in [1.165, 1.54) is 0 Å². The molecule has 0 atom stereocenters. The van der Waals surface area contributed by atoms with E-state index in [1.54, 1.807) is 18.3 Å². The van der Waals surface area contributed by atoms with Crippen LogP contribution in [0.1, 0.15) is 16.1 Å².